The molecule has 0 N–H and O–H groups in total. The van der Waals surface area contributed by atoms with Crippen molar-refractivity contribution in [3.05, 3.63) is 40.0 Å². The highest BCUT2D eigenvalue weighted by molar-refractivity contribution is 14.1. The predicted octanol–water partition coefficient (Wildman–Crippen LogP) is 3.07. The van der Waals surface area contributed by atoms with Gasteiger partial charge in [-0.25, -0.2) is 4.79 Å². The lowest BCUT2D eigenvalue weighted by Gasteiger charge is -2.26. The van der Waals surface area contributed by atoms with E-state index in [1.54, 1.807) is 12.1 Å². The Hall–Kier alpha value is -0.920. The average molecular weight is 372 g/mol. The van der Waals surface area contributed by atoms with Crippen LogP contribution in [0.3, 0.4) is 0 Å². The molecule has 0 aromatic heterocycles. The van der Waals surface area contributed by atoms with Gasteiger partial charge in [0.25, 0.3) is 0 Å². The molecule has 5 heteroatoms. The van der Waals surface area contributed by atoms with Gasteiger partial charge < -0.3 is 4.74 Å². The summed E-state index contributed by atoms with van der Waals surface area (Å²) >= 11 is 1.84. The maximum Gasteiger partial charge on any atom is 0.349 e. The van der Waals surface area contributed by atoms with E-state index in [1.165, 1.54) is 5.56 Å². The molecule has 4 nitrogen and oxygen atoms in total. The molecule has 19 heavy (non-hydrogen) atoms. The second kappa shape index (κ2) is 6.49. The largest absolute Gasteiger partial charge is 0.423 e. The van der Waals surface area contributed by atoms with Crippen LogP contribution in [0.5, 0.6) is 5.75 Å². The number of piperidine rings is 1. The lowest BCUT2D eigenvalue weighted by atomic mass is 9.90. The van der Waals surface area contributed by atoms with Crippen molar-refractivity contribution in [2.75, 3.05) is 13.1 Å². The number of esters is 1. The van der Waals surface area contributed by atoms with Crippen molar-refractivity contribution in [3.8, 4) is 5.75 Å². The molecule has 0 atom stereocenters. The first-order chi connectivity index (χ1) is 9.06. The first-order valence-electron chi connectivity index (χ1n) is 6.15. The third kappa shape index (κ3) is 4.02. The Morgan fingerprint density at radius 1 is 1.26 bits per heavy atom. The third-order valence-corrected chi connectivity index (χ3v) is 3.68. The van der Waals surface area contributed by atoms with E-state index in [4.69, 9.17) is 4.74 Å². The zero-order chi connectivity index (χ0) is 13.8. The molecule has 1 aliphatic heterocycles. The molecular weight excluding hydrogens is 357 g/mol. The van der Waals surface area contributed by atoms with Crippen LogP contribution in [-0.2, 0) is 10.0 Å². The number of nitrogens with zero attached hydrogens (tertiary/aromatic N) is 1. The van der Waals surface area contributed by atoms with Gasteiger partial charge in [-0.1, -0.05) is 18.7 Å². The van der Waals surface area contributed by atoms with E-state index in [9.17, 15) is 10.0 Å². The van der Waals surface area contributed by atoms with Crippen LogP contribution in [-0.4, -0.2) is 24.1 Å². The summed E-state index contributed by atoms with van der Waals surface area (Å²) in [6.45, 7) is 4.71. The molecule has 0 unspecified atom stereocenters. The summed E-state index contributed by atoms with van der Waals surface area (Å²) < 4.78 is 5.48. The van der Waals surface area contributed by atoms with Crippen molar-refractivity contribution in [2.24, 2.45) is 0 Å². The molecule has 1 aromatic carbocycles. The maximum absolute atomic E-state index is 11.4. The quantitative estimate of drug-likeness (QED) is 0.355. The Balaban J connectivity index is 1.98. The van der Waals surface area contributed by atoms with Crippen molar-refractivity contribution in [1.29, 1.82) is 0 Å². The highest BCUT2D eigenvalue weighted by Crippen LogP contribution is 2.28. The molecule has 0 bridgehead atoms. The summed E-state index contributed by atoms with van der Waals surface area (Å²) in [5.74, 6) is 0.523. The minimum atomic E-state index is -0.423. The SMILES string of the molecule is C=C(I)C(=O)Oc1ccc(C2CCN([O])CC2)cc1. The second-order valence-electron chi connectivity index (χ2n) is 4.57. The van der Waals surface area contributed by atoms with Gasteiger partial charge >= 0.3 is 5.97 Å². The molecule has 0 amide bonds. The van der Waals surface area contributed by atoms with Gasteiger partial charge in [-0.3, -0.25) is 0 Å². The van der Waals surface area contributed by atoms with Gasteiger partial charge in [0.2, 0.25) is 0 Å². The Morgan fingerprint density at radius 2 is 1.84 bits per heavy atom. The highest BCUT2D eigenvalue weighted by atomic mass is 127. The first-order valence-corrected chi connectivity index (χ1v) is 7.23. The fourth-order valence-electron chi connectivity index (χ4n) is 2.16. The molecular formula is C14H15INO3. The molecule has 101 valence electrons. The third-order valence-electron chi connectivity index (χ3n) is 3.24. The maximum atomic E-state index is 11.4. The van der Waals surface area contributed by atoms with Crippen LogP contribution >= 0.6 is 22.6 Å². The normalized spacial score (nSPS) is 17.2. The van der Waals surface area contributed by atoms with E-state index in [1.807, 2.05) is 34.7 Å². The van der Waals surface area contributed by atoms with E-state index in [0.29, 0.717) is 28.3 Å². The van der Waals surface area contributed by atoms with Gasteiger partial charge in [-0.05, 0) is 59.0 Å². The number of benzene rings is 1. The number of hydrogen-bond acceptors (Lipinski definition) is 3. The summed E-state index contributed by atoms with van der Waals surface area (Å²) in [6, 6.07) is 7.50. The monoisotopic (exact) mass is 372 g/mol. The molecule has 0 spiro atoms. The van der Waals surface area contributed by atoms with Crippen LogP contribution in [0.4, 0.5) is 0 Å². The lowest BCUT2D eigenvalue weighted by molar-refractivity contribution is -0.168. The average Bonchev–Trinajstić information content (AvgIpc) is 2.40. The van der Waals surface area contributed by atoms with Crippen molar-refractivity contribution < 1.29 is 14.7 Å². The fourth-order valence-corrected chi connectivity index (χ4v) is 2.27. The van der Waals surface area contributed by atoms with Crippen molar-refractivity contribution in [2.45, 2.75) is 18.8 Å². The molecule has 1 heterocycles. The van der Waals surface area contributed by atoms with Gasteiger partial charge in [-0.15, -0.1) is 5.21 Å². The van der Waals surface area contributed by atoms with Crippen LogP contribution in [0.15, 0.2) is 34.4 Å². The van der Waals surface area contributed by atoms with Crippen molar-refractivity contribution >= 4 is 28.6 Å². The molecule has 1 fully saturated rings. The zero-order valence-corrected chi connectivity index (χ0v) is 12.6. The highest BCUT2D eigenvalue weighted by Gasteiger charge is 2.20. The van der Waals surface area contributed by atoms with Crippen LogP contribution in [0.25, 0.3) is 0 Å². The minimum absolute atomic E-state index is 0.351. The van der Waals surface area contributed by atoms with E-state index in [2.05, 4.69) is 6.58 Å². The molecule has 1 aliphatic rings. The van der Waals surface area contributed by atoms with Crippen molar-refractivity contribution in [1.82, 2.24) is 5.06 Å². The fraction of sp³-hybridized carbons (Fsp3) is 0.357. The minimum Gasteiger partial charge on any atom is -0.423 e. The summed E-state index contributed by atoms with van der Waals surface area (Å²) in [6.07, 6.45) is 1.76. The number of hydroxylamine groups is 2. The summed E-state index contributed by atoms with van der Waals surface area (Å²) in [4.78, 5) is 11.4. The first kappa shape index (κ1) is 14.5. The zero-order valence-electron chi connectivity index (χ0n) is 10.5. The predicted molar refractivity (Wildman–Crippen MR) is 79.5 cm³/mol. The van der Waals surface area contributed by atoms with E-state index >= 15 is 0 Å². The van der Waals surface area contributed by atoms with Gasteiger partial charge in [-0.2, -0.15) is 5.06 Å². The van der Waals surface area contributed by atoms with Crippen molar-refractivity contribution in [3.63, 3.8) is 0 Å². The number of ether oxygens (including phenoxy) is 1. The van der Waals surface area contributed by atoms with Gasteiger partial charge in [0, 0.05) is 13.1 Å². The van der Waals surface area contributed by atoms with E-state index in [0.717, 1.165) is 17.9 Å². The standard InChI is InChI=1S/C14H15INO3/c1-10(15)14(17)19-13-4-2-11(3-5-13)12-6-8-16(18)9-7-12/h2-5,12H,1,6-9H2. The molecule has 1 saturated heterocycles. The summed E-state index contributed by atoms with van der Waals surface area (Å²) in [5, 5.41) is 12.2. The van der Waals surface area contributed by atoms with E-state index in [-0.39, 0.29) is 0 Å². The van der Waals surface area contributed by atoms with Gasteiger partial charge in [0.05, 0.1) is 3.58 Å². The number of carbonyl (C=O) groups excluding carboxylic acids is 1. The van der Waals surface area contributed by atoms with E-state index < -0.39 is 5.97 Å². The Labute approximate surface area is 126 Å². The van der Waals surface area contributed by atoms with Crippen LogP contribution < -0.4 is 4.74 Å². The molecule has 1 aromatic rings. The summed E-state index contributed by atoms with van der Waals surface area (Å²) in [7, 11) is 0. The molecule has 2 rings (SSSR count). The smallest absolute Gasteiger partial charge is 0.349 e. The Bertz CT molecular complexity index is 464. The Kier molecular flexibility index (Phi) is 4.95. The number of rotatable bonds is 3. The summed E-state index contributed by atoms with van der Waals surface area (Å²) in [5.41, 5.74) is 1.20. The van der Waals surface area contributed by atoms with Crippen LogP contribution in [0.2, 0.25) is 0 Å². The molecule has 0 aliphatic carbocycles. The number of hydrogen-bond donors (Lipinski definition) is 0. The Morgan fingerprint density at radius 3 is 2.37 bits per heavy atom. The lowest BCUT2D eigenvalue weighted by Crippen LogP contribution is -2.28. The number of carbonyl (C=O) groups is 1. The van der Waals surface area contributed by atoms with Gasteiger partial charge in [0.15, 0.2) is 0 Å². The second-order valence-corrected chi connectivity index (χ2v) is 5.87. The molecule has 1 radical (unpaired) electrons. The van der Waals surface area contributed by atoms with Crippen LogP contribution in [0.1, 0.15) is 24.3 Å². The number of halogens is 1. The topological polar surface area (TPSA) is 49.4 Å². The van der Waals surface area contributed by atoms with Crippen LogP contribution in [0, 0.1) is 0 Å². The van der Waals surface area contributed by atoms with Gasteiger partial charge in [0.1, 0.15) is 5.75 Å². The molecule has 0 saturated carbocycles.